The van der Waals surface area contributed by atoms with E-state index >= 15 is 8.78 Å². The van der Waals surface area contributed by atoms with Crippen LogP contribution >= 0.6 is 0 Å². The molecule has 0 unspecified atom stereocenters. The molecule has 6 rings (SSSR count). The molecule has 6 atom stereocenters. The van der Waals surface area contributed by atoms with Crippen LogP contribution in [0.2, 0.25) is 0 Å². The molecule has 1 N–H and O–H groups in total. The van der Waals surface area contributed by atoms with E-state index in [1.807, 2.05) is 13.8 Å². The van der Waals surface area contributed by atoms with Gasteiger partial charge in [-0.1, -0.05) is 33.1 Å². The third-order valence-electron chi connectivity index (χ3n) is 11.1. The summed E-state index contributed by atoms with van der Waals surface area (Å²) in [6.45, 7) is 3.84. The van der Waals surface area contributed by atoms with Crippen molar-refractivity contribution < 1.29 is 37.4 Å². The van der Waals surface area contributed by atoms with Gasteiger partial charge in [0, 0.05) is 18.4 Å². The van der Waals surface area contributed by atoms with Crippen LogP contribution in [0.25, 0.3) is 11.0 Å². The molecule has 2 bridgehead atoms. The monoisotopic (exact) mass is 656 g/mol. The lowest BCUT2D eigenvalue weighted by Gasteiger charge is -2.37. The summed E-state index contributed by atoms with van der Waals surface area (Å²) in [4.78, 5) is 50.9. The molecule has 2 amide bonds. The highest BCUT2D eigenvalue weighted by molar-refractivity contribution is 5.89. The summed E-state index contributed by atoms with van der Waals surface area (Å²) in [5.41, 5.74) is -0.469. The highest BCUT2D eigenvalue weighted by Crippen LogP contribution is 2.44. The average Bonchev–Trinajstić information content (AvgIpc) is 3.79. The van der Waals surface area contributed by atoms with Crippen molar-refractivity contribution in [3.63, 3.8) is 0 Å². The number of carbonyl (C=O) groups excluding carboxylic acids is 3. The Morgan fingerprint density at radius 3 is 2.47 bits per heavy atom. The summed E-state index contributed by atoms with van der Waals surface area (Å²) in [7, 11) is 1.50. The fourth-order valence-electron chi connectivity index (χ4n) is 8.37. The first kappa shape index (κ1) is 33.3. The van der Waals surface area contributed by atoms with Gasteiger partial charge in [0.15, 0.2) is 5.69 Å². The summed E-state index contributed by atoms with van der Waals surface area (Å²) in [5, 5.41) is 2.94. The molecule has 2 saturated carbocycles. The zero-order chi connectivity index (χ0) is 33.3. The minimum absolute atomic E-state index is 0.0302. The largest absolute Gasteiger partial charge is 0.497 e. The number of aldehydes is 1. The van der Waals surface area contributed by atoms with Crippen molar-refractivity contribution in [3.8, 4) is 11.6 Å². The fourth-order valence-corrected chi connectivity index (χ4v) is 8.37. The molecule has 3 fully saturated rings. The molecular formula is C35H46F2N4O6. The number of alkyl halides is 2. The van der Waals surface area contributed by atoms with Crippen molar-refractivity contribution in [1.29, 1.82) is 0 Å². The second kappa shape index (κ2) is 13.5. The number of hydrogen-bond donors (Lipinski definition) is 1. The van der Waals surface area contributed by atoms with E-state index in [0.717, 1.165) is 44.8 Å². The number of halogens is 2. The van der Waals surface area contributed by atoms with Crippen LogP contribution in [0.3, 0.4) is 0 Å². The summed E-state index contributed by atoms with van der Waals surface area (Å²) in [6, 6.07) is 3.06. The zero-order valence-electron chi connectivity index (χ0n) is 27.5. The number of rotatable bonds is 4. The normalized spacial score (nSPS) is 31.1. The van der Waals surface area contributed by atoms with Gasteiger partial charge in [-0.15, -0.1) is 0 Å². The summed E-state index contributed by atoms with van der Waals surface area (Å²) < 4.78 is 49.8. The number of nitrogens with zero attached hydrogens (tertiary/aromatic N) is 3. The van der Waals surface area contributed by atoms with E-state index in [9.17, 15) is 14.4 Å². The lowest BCUT2D eigenvalue weighted by atomic mass is 9.79. The Labute approximate surface area is 274 Å². The highest BCUT2D eigenvalue weighted by Gasteiger charge is 2.51. The van der Waals surface area contributed by atoms with E-state index in [-0.39, 0.29) is 36.4 Å². The van der Waals surface area contributed by atoms with Gasteiger partial charge >= 0.3 is 6.09 Å². The number of methoxy groups -OCH3 is 1. The number of nitrogens with one attached hydrogen (secondary N) is 1. The van der Waals surface area contributed by atoms with Crippen LogP contribution in [0.5, 0.6) is 11.6 Å². The maximum Gasteiger partial charge on any atom is 0.408 e. The van der Waals surface area contributed by atoms with Crippen LogP contribution in [0.4, 0.5) is 13.6 Å². The Morgan fingerprint density at radius 1 is 1.00 bits per heavy atom. The zero-order valence-corrected chi connectivity index (χ0v) is 27.5. The van der Waals surface area contributed by atoms with Crippen LogP contribution in [0, 0.1) is 17.3 Å². The smallest absolute Gasteiger partial charge is 0.408 e. The van der Waals surface area contributed by atoms with Crippen LogP contribution in [-0.2, 0) is 20.2 Å². The Kier molecular flexibility index (Phi) is 9.58. The van der Waals surface area contributed by atoms with Gasteiger partial charge in [-0.25, -0.2) is 14.8 Å². The molecule has 0 radical (unpaired) electrons. The molecule has 47 heavy (non-hydrogen) atoms. The molecule has 4 aliphatic rings. The second-order valence-corrected chi connectivity index (χ2v) is 14.1. The quantitative estimate of drug-likeness (QED) is 0.379. The number of benzene rings is 1. The predicted molar refractivity (Wildman–Crippen MR) is 169 cm³/mol. The maximum atomic E-state index is 16.1. The van der Waals surface area contributed by atoms with Crippen molar-refractivity contribution >= 4 is 29.3 Å². The molecule has 1 aromatic heterocycles. The van der Waals surface area contributed by atoms with Gasteiger partial charge in [-0.05, 0) is 74.8 Å². The Hall–Kier alpha value is -3.57. The summed E-state index contributed by atoms with van der Waals surface area (Å²) >= 11 is 0. The molecule has 1 saturated heterocycles. The highest BCUT2D eigenvalue weighted by atomic mass is 19.3. The van der Waals surface area contributed by atoms with Crippen molar-refractivity contribution in [2.45, 2.75) is 121 Å². The van der Waals surface area contributed by atoms with E-state index in [1.165, 1.54) is 12.0 Å². The van der Waals surface area contributed by atoms with Gasteiger partial charge in [0.1, 0.15) is 30.3 Å². The average molecular weight is 657 g/mol. The predicted octanol–water partition coefficient (Wildman–Crippen LogP) is 6.33. The number of alkyl carbamates (subject to hydrolysis) is 1. The third kappa shape index (κ3) is 6.61. The van der Waals surface area contributed by atoms with Crippen LogP contribution in [0.1, 0.15) is 96.6 Å². The first-order chi connectivity index (χ1) is 22.6. The molecular weight excluding hydrogens is 610 g/mol. The van der Waals surface area contributed by atoms with Crippen LogP contribution in [0.15, 0.2) is 18.2 Å². The van der Waals surface area contributed by atoms with E-state index in [1.54, 1.807) is 18.2 Å². The first-order valence-corrected chi connectivity index (χ1v) is 17.2. The van der Waals surface area contributed by atoms with Gasteiger partial charge in [0.2, 0.25) is 11.8 Å². The molecule has 0 spiro atoms. The van der Waals surface area contributed by atoms with Gasteiger partial charge in [-0.3, -0.25) is 4.79 Å². The van der Waals surface area contributed by atoms with Gasteiger partial charge in [0.25, 0.3) is 5.92 Å². The standard InChI is InChI=1S/C35H46F2N4O6/c1-4-23-26(20-42)41-19-28(23)46-31-29(38-24-14-13-22(45-3)18-25(24)39-31)35(36,37)17-6-5-10-21-11-9-12-27(21)47-33(44)40-30(32(41)43)34(2)15-7-8-16-34/h13-14,18,20-21,23,26-28,30H,4-12,15-17,19H2,1-3H3,(H,40,44)/t21-,23+,26-,27-,28+,30-/m1/s1. The van der Waals surface area contributed by atoms with Crippen LogP contribution < -0.4 is 14.8 Å². The first-order valence-electron chi connectivity index (χ1n) is 17.2. The minimum Gasteiger partial charge on any atom is -0.497 e. The molecule has 1 aromatic carbocycles. The number of carbonyl (C=O) groups is 3. The fraction of sp³-hybridized carbons (Fsp3) is 0.686. The van der Waals surface area contributed by atoms with Crippen molar-refractivity contribution in [1.82, 2.24) is 20.2 Å². The Bertz CT molecular complexity index is 1480. The van der Waals surface area contributed by atoms with Gasteiger partial charge in [0.05, 0.1) is 30.7 Å². The SMILES string of the molecule is CC[C@@H]1[C@@H]2CN(C(=O)[C@H](C3(C)CCCC3)NC(=O)O[C@@H]3CCC[C@H]3CCCCC(F)(F)c3nc4ccc(OC)cc4nc3O2)[C@@H]1C=O. The lowest BCUT2D eigenvalue weighted by Crippen LogP contribution is -2.57. The van der Waals surface area contributed by atoms with Crippen LogP contribution in [-0.4, -0.2) is 71.1 Å². The van der Waals surface area contributed by atoms with Crippen molar-refractivity contribution in [2.75, 3.05) is 13.7 Å². The number of ether oxygens (including phenoxy) is 3. The summed E-state index contributed by atoms with van der Waals surface area (Å²) in [6.07, 6.45) is 6.07. The Balaban J connectivity index is 1.42. The molecule has 12 heteroatoms. The number of aromatic nitrogens is 2. The minimum atomic E-state index is -3.35. The van der Waals surface area contributed by atoms with E-state index in [0.29, 0.717) is 36.9 Å². The number of hydrogen-bond acceptors (Lipinski definition) is 8. The van der Waals surface area contributed by atoms with E-state index in [2.05, 4.69) is 15.3 Å². The molecule has 256 valence electrons. The second-order valence-electron chi connectivity index (χ2n) is 14.1. The van der Waals surface area contributed by atoms with Crippen molar-refractivity contribution in [2.24, 2.45) is 17.3 Å². The van der Waals surface area contributed by atoms with E-state index in [4.69, 9.17) is 14.2 Å². The van der Waals surface area contributed by atoms with Gasteiger partial charge in [-0.2, -0.15) is 8.78 Å². The maximum absolute atomic E-state index is 16.1. The molecule has 3 heterocycles. The topological polar surface area (TPSA) is 120 Å². The third-order valence-corrected chi connectivity index (χ3v) is 11.1. The summed E-state index contributed by atoms with van der Waals surface area (Å²) in [5.74, 6) is -4.00. The molecule has 2 aliphatic carbocycles. The number of amides is 2. The lowest BCUT2D eigenvalue weighted by molar-refractivity contribution is -0.140. The number of fused-ring (bicyclic) bond motifs is 5. The molecule has 10 nitrogen and oxygen atoms in total. The molecule has 2 aliphatic heterocycles. The molecule has 2 aromatic rings. The van der Waals surface area contributed by atoms with Gasteiger partial charge < -0.3 is 29.2 Å². The van der Waals surface area contributed by atoms with E-state index < -0.39 is 59.6 Å². The van der Waals surface area contributed by atoms with Crippen molar-refractivity contribution in [3.05, 3.63) is 23.9 Å². The Morgan fingerprint density at radius 2 is 1.74 bits per heavy atom.